The van der Waals surface area contributed by atoms with E-state index in [4.69, 9.17) is 6.92 Å². The van der Waals surface area contributed by atoms with Crippen LogP contribution in [0.4, 0.5) is 4.39 Å². The molecule has 1 nitrogen and oxygen atoms in total. The van der Waals surface area contributed by atoms with Crippen molar-refractivity contribution in [2.24, 2.45) is 0 Å². The van der Waals surface area contributed by atoms with Crippen LogP contribution in [-0.2, 0) is 12.5 Å². The molecule has 0 aliphatic carbocycles. The van der Waals surface area contributed by atoms with Crippen LogP contribution >= 0.6 is 0 Å². The largest absolute Gasteiger partial charge is 0.252 e. The maximum Gasteiger partial charge on any atom is 0.126 e. The third kappa shape index (κ3) is 2.81. The molecule has 2 aromatic carbocycles. The average molecular weight is 305 g/mol. The molecule has 0 saturated heterocycles. The van der Waals surface area contributed by atoms with Crippen LogP contribution in [0.2, 0.25) is 6.55 Å². The van der Waals surface area contributed by atoms with Crippen LogP contribution in [0.25, 0.3) is 22.0 Å². The molecule has 0 bridgehead atoms. The molecular formula is C19H16FNSi. The van der Waals surface area contributed by atoms with E-state index in [0.29, 0.717) is 15.9 Å². The summed E-state index contributed by atoms with van der Waals surface area (Å²) in [7, 11) is 0.684. The quantitative estimate of drug-likeness (QED) is 0.645. The van der Waals surface area contributed by atoms with Crippen molar-refractivity contribution in [1.29, 1.82) is 0 Å². The van der Waals surface area contributed by atoms with Crippen LogP contribution in [0.5, 0.6) is 0 Å². The van der Waals surface area contributed by atoms with Crippen LogP contribution in [0.3, 0.4) is 0 Å². The smallest absolute Gasteiger partial charge is 0.126 e. The summed E-state index contributed by atoms with van der Waals surface area (Å²) in [6.07, 6.45) is 0.391. The molecule has 3 aromatic rings. The van der Waals surface area contributed by atoms with Crippen molar-refractivity contribution in [2.75, 3.05) is 0 Å². The van der Waals surface area contributed by atoms with Gasteiger partial charge >= 0.3 is 0 Å². The zero-order valence-corrected chi connectivity index (χ0v) is 13.4. The molecule has 1 heterocycles. The van der Waals surface area contributed by atoms with Gasteiger partial charge < -0.3 is 0 Å². The van der Waals surface area contributed by atoms with E-state index in [-0.39, 0.29) is 5.82 Å². The van der Waals surface area contributed by atoms with E-state index in [2.05, 4.69) is 17.6 Å². The first-order valence-electron chi connectivity index (χ1n) is 7.25. The van der Waals surface area contributed by atoms with Crippen molar-refractivity contribution in [3.05, 3.63) is 72.5 Å². The lowest BCUT2D eigenvalue weighted by Gasteiger charge is -2.10. The van der Waals surface area contributed by atoms with Gasteiger partial charge in [-0.2, -0.15) is 0 Å². The second kappa shape index (κ2) is 6.40. The maximum absolute atomic E-state index is 13.9. The summed E-state index contributed by atoms with van der Waals surface area (Å²) in [5, 5.41) is 2.17. The zero-order chi connectivity index (χ0) is 15.5. The van der Waals surface area contributed by atoms with Crippen LogP contribution in [0.1, 0.15) is 11.3 Å². The predicted octanol–water partition coefficient (Wildman–Crippen LogP) is 4.55. The van der Waals surface area contributed by atoms with E-state index in [0.717, 1.165) is 39.3 Å². The van der Waals surface area contributed by atoms with Crippen LogP contribution in [0, 0.1) is 12.7 Å². The standard InChI is InChI=1S/C19H16FNSi/c1-3-16-11-13-6-4-5-7-17(13)19(21-16)14-8-9-18(20)15(10-14)12-22-2/h1,4-11H,3,12H2,2H3. The molecule has 4 radical (unpaired) electrons. The van der Waals surface area contributed by atoms with Gasteiger partial charge in [-0.1, -0.05) is 30.8 Å². The lowest BCUT2D eigenvalue weighted by atomic mass is 10.0. The van der Waals surface area contributed by atoms with Crippen molar-refractivity contribution in [2.45, 2.75) is 19.0 Å². The first-order valence-corrected chi connectivity index (χ1v) is 8.95. The fourth-order valence-electron chi connectivity index (χ4n) is 2.63. The Balaban J connectivity index is 2.23. The van der Waals surface area contributed by atoms with Crippen LogP contribution in [0.15, 0.2) is 48.5 Å². The highest BCUT2D eigenvalue weighted by Crippen LogP contribution is 2.29. The first kappa shape index (κ1) is 14.9. The first-order chi connectivity index (χ1) is 10.7. The summed E-state index contributed by atoms with van der Waals surface area (Å²) in [6.45, 7) is 7.85. The molecule has 1 aromatic heterocycles. The summed E-state index contributed by atoms with van der Waals surface area (Å²) in [4.78, 5) is 4.68. The van der Waals surface area contributed by atoms with Crippen LogP contribution in [-0.4, -0.2) is 14.5 Å². The fraction of sp³-hybridized carbons (Fsp3) is 0.158. The van der Waals surface area contributed by atoms with Gasteiger partial charge in [-0.05, 0) is 54.6 Å². The number of halogens is 1. The minimum atomic E-state index is -0.141. The fourth-order valence-corrected chi connectivity index (χ4v) is 3.28. The van der Waals surface area contributed by atoms with Gasteiger partial charge in [0.2, 0.25) is 0 Å². The summed E-state index contributed by atoms with van der Waals surface area (Å²) in [6, 6.07) is 16.1. The van der Waals surface area contributed by atoms with Gasteiger partial charge in [0.15, 0.2) is 0 Å². The van der Waals surface area contributed by atoms with E-state index < -0.39 is 0 Å². The molecule has 3 rings (SSSR count). The lowest BCUT2D eigenvalue weighted by Crippen LogP contribution is -1.98. The Kier molecular flexibility index (Phi) is 4.34. The molecule has 0 aliphatic heterocycles. The number of pyridine rings is 1. The van der Waals surface area contributed by atoms with Gasteiger partial charge in [0.05, 0.1) is 5.69 Å². The predicted molar refractivity (Wildman–Crippen MR) is 90.5 cm³/mol. The molecule has 0 atom stereocenters. The van der Waals surface area contributed by atoms with Gasteiger partial charge in [-0.25, -0.2) is 4.39 Å². The molecule has 0 amide bonds. The SMILES string of the molecule is [CH]Cc1cc2ccccc2c(-c2ccc(F)c(C[Si]C)c2)n1. The Morgan fingerprint density at radius 1 is 1.14 bits per heavy atom. The topological polar surface area (TPSA) is 12.9 Å². The Hall–Kier alpha value is -2.00. The van der Waals surface area contributed by atoms with E-state index in [1.54, 1.807) is 6.07 Å². The van der Waals surface area contributed by atoms with E-state index in [1.807, 2.05) is 30.3 Å². The van der Waals surface area contributed by atoms with Crippen molar-refractivity contribution < 1.29 is 4.39 Å². The summed E-state index contributed by atoms with van der Waals surface area (Å²) in [5.74, 6) is -0.141. The molecule has 108 valence electrons. The molecule has 3 heteroatoms. The second-order valence-corrected chi connectivity index (χ2v) is 6.28. The van der Waals surface area contributed by atoms with Crippen molar-refractivity contribution in [1.82, 2.24) is 4.98 Å². The summed E-state index contributed by atoms with van der Waals surface area (Å²) in [5.41, 5.74) is 3.42. The second-order valence-electron chi connectivity index (χ2n) is 5.22. The number of hydrogen-bond acceptors (Lipinski definition) is 1. The Labute approximate surface area is 133 Å². The van der Waals surface area contributed by atoms with Crippen LogP contribution < -0.4 is 0 Å². The summed E-state index contributed by atoms with van der Waals surface area (Å²) < 4.78 is 13.9. The summed E-state index contributed by atoms with van der Waals surface area (Å²) >= 11 is 0. The average Bonchev–Trinajstić information content (AvgIpc) is 2.56. The number of rotatable bonds is 4. The van der Waals surface area contributed by atoms with Gasteiger partial charge in [0.1, 0.15) is 5.82 Å². The lowest BCUT2D eigenvalue weighted by molar-refractivity contribution is 0.617. The molecule has 0 unspecified atom stereocenters. The van der Waals surface area contributed by atoms with E-state index >= 15 is 0 Å². The third-order valence-corrected chi connectivity index (χ3v) is 4.42. The number of fused-ring (bicyclic) bond motifs is 1. The normalized spacial score (nSPS) is 11.0. The highest BCUT2D eigenvalue weighted by molar-refractivity contribution is 6.32. The van der Waals surface area contributed by atoms with E-state index in [9.17, 15) is 4.39 Å². The van der Waals surface area contributed by atoms with Crippen molar-refractivity contribution in [3.63, 3.8) is 0 Å². The molecule has 0 saturated carbocycles. The number of benzene rings is 2. The molecule has 0 N–H and O–H groups in total. The molecular weight excluding hydrogens is 289 g/mol. The minimum Gasteiger partial charge on any atom is -0.252 e. The van der Waals surface area contributed by atoms with Gasteiger partial charge in [0, 0.05) is 26.2 Å². The molecule has 0 fully saturated rings. The van der Waals surface area contributed by atoms with Gasteiger partial charge in [-0.3, -0.25) is 4.98 Å². The maximum atomic E-state index is 13.9. The van der Waals surface area contributed by atoms with Crippen molar-refractivity contribution >= 4 is 20.3 Å². The monoisotopic (exact) mass is 305 g/mol. The molecule has 22 heavy (non-hydrogen) atoms. The highest BCUT2D eigenvalue weighted by atomic mass is 28.2. The minimum absolute atomic E-state index is 0.141. The highest BCUT2D eigenvalue weighted by Gasteiger charge is 2.10. The zero-order valence-electron chi connectivity index (χ0n) is 12.4. The number of aromatic nitrogens is 1. The number of nitrogens with zero attached hydrogens (tertiary/aromatic N) is 1. The molecule has 0 spiro atoms. The number of hydrogen-bond donors (Lipinski definition) is 0. The van der Waals surface area contributed by atoms with Gasteiger partial charge in [-0.15, -0.1) is 0 Å². The third-order valence-electron chi connectivity index (χ3n) is 3.69. The van der Waals surface area contributed by atoms with Gasteiger partial charge in [0.25, 0.3) is 0 Å². The van der Waals surface area contributed by atoms with Crippen molar-refractivity contribution in [3.8, 4) is 11.3 Å². The van der Waals surface area contributed by atoms with E-state index in [1.165, 1.54) is 6.07 Å². The Morgan fingerprint density at radius 3 is 2.73 bits per heavy atom. The Bertz CT molecular complexity index is 814. The molecule has 0 aliphatic rings. The Morgan fingerprint density at radius 2 is 1.95 bits per heavy atom.